The second-order valence-corrected chi connectivity index (χ2v) is 5.91. The van der Waals surface area contributed by atoms with Crippen molar-refractivity contribution < 1.29 is 4.48 Å². The fourth-order valence-electron chi connectivity index (χ4n) is 2.72. The maximum Gasteiger partial charge on any atom is 0.102 e. The number of nitriles is 3. The molecular formula is C18H23N4+. The molecule has 0 aromatic heterocycles. The molecule has 114 valence electrons. The van der Waals surface area contributed by atoms with Crippen molar-refractivity contribution in [3.05, 3.63) is 34.9 Å². The number of likely N-dealkylation sites (tertiary alicyclic amines) is 1. The fraction of sp³-hybridized carbons (Fsp3) is 0.500. The van der Waals surface area contributed by atoms with Gasteiger partial charge in [0, 0.05) is 12.8 Å². The van der Waals surface area contributed by atoms with Gasteiger partial charge in [-0.15, -0.1) is 0 Å². The van der Waals surface area contributed by atoms with Gasteiger partial charge in [-0.2, -0.15) is 15.8 Å². The lowest BCUT2D eigenvalue weighted by Gasteiger charge is -2.28. The molecule has 2 rings (SSSR count). The van der Waals surface area contributed by atoms with E-state index in [1.165, 1.54) is 61.9 Å². The van der Waals surface area contributed by atoms with Crippen molar-refractivity contribution in [2.75, 3.05) is 26.7 Å². The van der Waals surface area contributed by atoms with E-state index in [-0.39, 0.29) is 16.7 Å². The predicted octanol–water partition coefficient (Wildman–Crippen LogP) is 3.33. The fourth-order valence-corrected chi connectivity index (χ4v) is 2.72. The van der Waals surface area contributed by atoms with Crippen molar-refractivity contribution >= 4 is 0 Å². The van der Waals surface area contributed by atoms with Gasteiger partial charge in [0.2, 0.25) is 0 Å². The van der Waals surface area contributed by atoms with Gasteiger partial charge < -0.3 is 4.48 Å². The molecule has 0 unspecified atom stereocenters. The van der Waals surface area contributed by atoms with E-state index in [1.807, 2.05) is 18.2 Å². The molecule has 0 bridgehead atoms. The highest BCUT2D eigenvalue weighted by Gasteiger charge is 2.25. The van der Waals surface area contributed by atoms with Crippen molar-refractivity contribution in [2.24, 2.45) is 0 Å². The Morgan fingerprint density at radius 3 is 1.95 bits per heavy atom. The third-order valence-corrected chi connectivity index (χ3v) is 4.11. The Balaban J connectivity index is 0.000000224. The number of nitrogens with zero attached hydrogens (tertiary/aromatic N) is 4. The van der Waals surface area contributed by atoms with Crippen molar-refractivity contribution in [3.63, 3.8) is 0 Å². The van der Waals surface area contributed by atoms with E-state index in [2.05, 4.69) is 14.0 Å². The molecule has 1 aliphatic heterocycles. The molecule has 22 heavy (non-hydrogen) atoms. The number of unbranched alkanes of at least 4 members (excludes halogenated alkanes) is 1. The van der Waals surface area contributed by atoms with E-state index in [0.29, 0.717) is 0 Å². The van der Waals surface area contributed by atoms with E-state index >= 15 is 0 Å². The van der Waals surface area contributed by atoms with Crippen LogP contribution >= 0.6 is 0 Å². The molecule has 1 saturated heterocycles. The predicted molar refractivity (Wildman–Crippen MR) is 85.5 cm³/mol. The molecule has 1 fully saturated rings. The Labute approximate surface area is 133 Å². The summed E-state index contributed by atoms with van der Waals surface area (Å²) in [6.07, 6.45) is 5.69. The molecule has 0 amide bonds. The average molecular weight is 295 g/mol. The highest BCUT2D eigenvalue weighted by Crippen LogP contribution is 2.16. The van der Waals surface area contributed by atoms with Gasteiger partial charge in [-0.05, 0) is 18.6 Å². The number of rotatable bonds is 3. The first-order chi connectivity index (χ1) is 10.6. The van der Waals surface area contributed by atoms with Gasteiger partial charge in [0.15, 0.2) is 0 Å². The van der Waals surface area contributed by atoms with Crippen LogP contribution in [0.1, 0.15) is 49.3 Å². The first-order valence-corrected chi connectivity index (χ1v) is 7.77. The minimum absolute atomic E-state index is 0.155. The van der Waals surface area contributed by atoms with Crippen LogP contribution in [0, 0.1) is 34.0 Å². The molecule has 4 nitrogen and oxygen atoms in total. The van der Waals surface area contributed by atoms with E-state index in [1.54, 1.807) is 6.07 Å². The van der Waals surface area contributed by atoms with Crippen LogP contribution in [0.3, 0.4) is 0 Å². The summed E-state index contributed by atoms with van der Waals surface area (Å²) in [5.74, 6) is 0. The average Bonchev–Trinajstić information content (AvgIpc) is 2.99. The van der Waals surface area contributed by atoms with Crippen molar-refractivity contribution in [1.29, 1.82) is 15.8 Å². The number of hydrogen-bond donors (Lipinski definition) is 0. The summed E-state index contributed by atoms with van der Waals surface area (Å²) in [4.78, 5) is 0. The maximum atomic E-state index is 8.61. The van der Waals surface area contributed by atoms with Gasteiger partial charge in [-0.25, -0.2) is 0 Å². The lowest BCUT2D eigenvalue weighted by atomic mass is 10.0. The summed E-state index contributed by atoms with van der Waals surface area (Å²) >= 11 is 0. The molecular weight excluding hydrogens is 272 g/mol. The molecule has 1 heterocycles. The minimum atomic E-state index is 0.155. The standard InChI is InChI=1S/C9H3N3.C9H20N/c10-4-7-2-1-3-8(5-11)9(7)6-12;1-3-4-7-10(2)8-5-6-9-10/h1-3H;3-9H2,1-2H3/q;+1. The summed E-state index contributed by atoms with van der Waals surface area (Å²) in [7, 11) is 2.41. The Morgan fingerprint density at radius 2 is 1.55 bits per heavy atom. The maximum absolute atomic E-state index is 8.61. The monoisotopic (exact) mass is 295 g/mol. The van der Waals surface area contributed by atoms with Crippen molar-refractivity contribution in [1.82, 2.24) is 0 Å². The first kappa shape index (κ1) is 17.7. The summed E-state index contributed by atoms with van der Waals surface area (Å²) in [6.45, 7) is 6.55. The van der Waals surface area contributed by atoms with Gasteiger partial charge in [0.25, 0.3) is 0 Å². The molecule has 0 atom stereocenters. The van der Waals surface area contributed by atoms with Gasteiger partial charge in [0.1, 0.15) is 18.2 Å². The van der Waals surface area contributed by atoms with Crippen LogP contribution in [0.15, 0.2) is 18.2 Å². The summed E-state index contributed by atoms with van der Waals surface area (Å²) in [5.41, 5.74) is 0.649. The second-order valence-electron chi connectivity index (χ2n) is 5.91. The lowest BCUT2D eigenvalue weighted by molar-refractivity contribution is -0.897. The van der Waals surface area contributed by atoms with Gasteiger partial charge >= 0.3 is 0 Å². The molecule has 0 N–H and O–H groups in total. The Hall–Kier alpha value is -2.35. The smallest absolute Gasteiger partial charge is 0.102 e. The first-order valence-electron chi connectivity index (χ1n) is 7.77. The zero-order valence-corrected chi connectivity index (χ0v) is 13.5. The summed E-state index contributed by atoms with van der Waals surface area (Å²) in [6, 6.07) is 10.1. The largest absolute Gasteiger partial charge is 0.326 e. The van der Waals surface area contributed by atoms with Crippen LogP contribution in [-0.4, -0.2) is 31.2 Å². The van der Waals surface area contributed by atoms with Crippen LogP contribution in [-0.2, 0) is 0 Å². The van der Waals surface area contributed by atoms with E-state index < -0.39 is 0 Å². The molecule has 1 aliphatic rings. The normalized spacial score (nSPS) is 14.9. The quantitative estimate of drug-likeness (QED) is 0.803. The van der Waals surface area contributed by atoms with Gasteiger partial charge in [0.05, 0.1) is 43.4 Å². The third-order valence-electron chi connectivity index (χ3n) is 4.11. The molecule has 0 aliphatic carbocycles. The van der Waals surface area contributed by atoms with Crippen LogP contribution < -0.4 is 0 Å². The number of quaternary nitrogens is 1. The molecule has 4 heteroatoms. The SMILES string of the molecule is CCCC[N+]1(C)CCCC1.N#Cc1cccc(C#N)c1C#N. The van der Waals surface area contributed by atoms with E-state index in [4.69, 9.17) is 15.8 Å². The third kappa shape index (κ3) is 4.88. The minimum Gasteiger partial charge on any atom is -0.326 e. The lowest BCUT2D eigenvalue weighted by Crippen LogP contribution is -2.41. The van der Waals surface area contributed by atoms with Gasteiger partial charge in [-0.3, -0.25) is 0 Å². The highest BCUT2D eigenvalue weighted by molar-refractivity contribution is 5.54. The van der Waals surface area contributed by atoms with Crippen molar-refractivity contribution in [2.45, 2.75) is 32.6 Å². The molecule has 1 aromatic carbocycles. The highest BCUT2D eigenvalue weighted by atomic mass is 15.3. The Bertz CT molecular complexity index is 575. The number of benzene rings is 1. The molecule has 0 spiro atoms. The molecule has 1 aromatic rings. The number of hydrogen-bond acceptors (Lipinski definition) is 3. The van der Waals surface area contributed by atoms with E-state index in [9.17, 15) is 0 Å². The molecule has 0 radical (unpaired) electrons. The Morgan fingerprint density at radius 1 is 1.00 bits per heavy atom. The zero-order valence-electron chi connectivity index (χ0n) is 13.5. The molecule has 0 saturated carbocycles. The topological polar surface area (TPSA) is 71.4 Å². The van der Waals surface area contributed by atoms with Crippen LogP contribution in [0.2, 0.25) is 0 Å². The van der Waals surface area contributed by atoms with Crippen LogP contribution in [0.5, 0.6) is 0 Å². The van der Waals surface area contributed by atoms with E-state index in [0.717, 1.165) is 0 Å². The van der Waals surface area contributed by atoms with Crippen LogP contribution in [0.4, 0.5) is 0 Å². The van der Waals surface area contributed by atoms with Crippen molar-refractivity contribution in [3.8, 4) is 18.2 Å². The van der Waals surface area contributed by atoms with Gasteiger partial charge in [-0.1, -0.05) is 19.4 Å². The van der Waals surface area contributed by atoms with Crippen LogP contribution in [0.25, 0.3) is 0 Å². The second kappa shape index (κ2) is 8.83. The summed E-state index contributed by atoms with van der Waals surface area (Å²) < 4.78 is 1.36. The zero-order chi connectivity index (χ0) is 16.4. The summed E-state index contributed by atoms with van der Waals surface area (Å²) in [5, 5.41) is 25.7. The Kier molecular flexibility index (Phi) is 7.11.